The van der Waals surface area contributed by atoms with E-state index in [0.29, 0.717) is 17.3 Å². The maximum atomic E-state index is 11.4. The average molecular weight is 228 g/mol. The van der Waals surface area contributed by atoms with Gasteiger partial charge in [-0.1, -0.05) is 23.7 Å². The van der Waals surface area contributed by atoms with Gasteiger partial charge in [0, 0.05) is 12.6 Å². The first-order valence-corrected chi connectivity index (χ1v) is 5.03. The van der Waals surface area contributed by atoms with E-state index in [4.69, 9.17) is 17.3 Å². The summed E-state index contributed by atoms with van der Waals surface area (Å²) in [5.41, 5.74) is 5.96. The monoisotopic (exact) mass is 227 g/mol. The summed E-state index contributed by atoms with van der Waals surface area (Å²) >= 11 is 5.87. The Balaban J connectivity index is 2.55. The fourth-order valence-corrected chi connectivity index (χ4v) is 1.19. The van der Waals surface area contributed by atoms with Gasteiger partial charge in [-0.05, 0) is 19.1 Å². The largest absolute Gasteiger partial charge is 0.334 e. The number of rotatable bonds is 3. The quantitative estimate of drug-likeness (QED) is 0.737. The van der Waals surface area contributed by atoms with Gasteiger partial charge in [-0.2, -0.15) is 0 Å². The van der Waals surface area contributed by atoms with E-state index in [2.05, 4.69) is 10.6 Å². The van der Waals surface area contributed by atoms with Crippen LogP contribution < -0.4 is 16.4 Å². The maximum absolute atomic E-state index is 11.4. The summed E-state index contributed by atoms with van der Waals surface area (Å²) in [5.74, 6) is 0. The molecule has 0 fully saturated rings. The Morgan fingerprint density at radius 2 is 2.20 bits per heavy atom. The van der Waals surface area contributed by atoms with Crippen molar-refractivity contribution < 1.29 is 4.79 Å². The lowest BCUT2D eigenvalue weighted by Crippen LogP contribution is -2.40. The molecule has 0 bridgehead atoms. The number of urea groups is 1. The van der Waals surface area contributed by atoms with E-state index in [1.165, 1.54) is 0 Å². The second kappa shape index (κ2) is 5.58. The standard InChI is InChI=1S/C10H14ClN3O/c1-7(6-12)13-10(15)14-9-5-3-2-4-8(9)11/h2-5,7H,6,12H2,1H3,(H2,13,14,15)/t7-/m1/s1. The SMILES string of the molecule is C[C@H](CN)NC(=O)Nc1ccccc1Cl. The van der Waals surface area contributed by atoms with Crippen LogP contribution in [0.15, 0.2) is 24.3 Å². The Hall–Kier alpha value is -1.26. The van der Waals surface area contributed by atoms with E-state index >= 15 is 0 Å². The van der Waals surface area contributed by atoms with Crippen LogP contribution in [0.2, 0.25) is 5.02 Å². The van der Waals surface area contributed by atoms with Crippen LogP contribution in [-0.2, 0) is 0 Å². The molecule has 1 aromatic rings. The van der Waals surface area contributed by atoms with Gasteiger partial charge >= 0.3 is 6.03 Å². The third-order valence-corrected chi connectivity index (χ3v) is 2.18. The molecule has 0 saturated heterocycles. The van der Waals surface area contributed by atoms with Crippen molar-refractivity contribution in [2.75, 3.05) is 11.9 Å². The molecule has 0 heterocycles. The predicted molar refractivity (Wildman–Crippen MR) is 62.1 cm³/mol. The van der Waals surface area contributed by atoms with Gasteiger partial charge in [0.25, 0.3) is 0 Å². The number of carbonyl (C=O) groups is 1. The molecule has 82 valence electrons. The Morgan fingerprint density at radius 1 is 1.53 bits per heavy atom. The maximum Gasteiger partial charge on any atom is 0.319 e. The number of carbonyl (C=O) groups excluding carboxylic acids is 1. The van der Waals surface area contributed by atoms with Crippen molar-refractivity contribution in [1.82, 2.24) is 5.32 Å². The molecule has 0 radical (unpaired) electrons. The first-order valence-electron chi connectivity index (χ1n) is 4.65. The van der Waals surface area contributed by atoms with Gasteiger partial charge in [0.2, 0.25) is 0 Å². The Bertz CT molecular complexity index is 343. The number of halogens is 1. The van der Waals surface area contributed by atoms with E-state index < -0.39 is 0 Å². The smallest absolute Gasteiger partial charge is 0.319 e. The van der Waals surface area contributed by atoms with Crippen LogP contribution in [-0.4, -0.2) is 18.6 Å². The number of nitrogens with two attached hydrogens (primary N) is 1. The Morgan fingerprint density at radius 3 is 2.80 bits per heavy atom. The molecule has 0 unspecified atom stereocenters. The van der Waals surface area contributed by atoms with Crippen molar-refractivity contribution in [3.63, 3.8) is 0 Å². The first-order chi connectivity index (χ1) is 7.13. The van der Waals surface area contributed by atoms with Crippen molar-refractivity contribution >= 4 is 23.3 Å². The molecule has 0 aliphatic rings. The van der Waals surface area contributed by atoms with Gasteiger partial charge in [0.1, 0.15) is 0 Å². The van der Waals surface area contributed by atoms with E-state index in [9.17, 15) is 4.79 Å². The number of amides is 2. The van der Waals surface area contributed by atoms with Crippen molar-refractivity contribution in [2.45, 2.75) is 13.0 Å². The summed E-state index contributed by atoms with van der Waals surface area (Å²) in [5, 5.41) is 5.82. The van der Waals surface area contributed by atoms with E-state index in [1.54, 1.807) is 24.3 Å². The first kappa shape index (κ1) is 11.8. The fraction of sp³-hybridized carbons (Fsp3) is 0.300. The van der Waals surface area contributed by atoms with E-state index in [0.717, 1.165) is 0 Å². The minimum atomic E-state index is -0.305. The third-order valence-electron chi connectivity index (χ3n) is 1.85. The molecule has 15 heavy (non-hydrogen) atoms. The van der Waals surface area contributed by atoms with Crippen LogP contribution in [0.25, 0.3) is 0 Å². The van der Waals surface area contributed by atoms with E-state index in [-0.39, 0.29) is 12.1 Å². The van der Waals surface area contributed by atoms with Crippen LogP contribution in [0.4, 0.5) is 10.5 Å². The number of anilines is 1. The molecule has 5 heteroatoms. The normalized spacial score (nSPS) is 11.9. The highest BCUT2D eigenvalue weighted by molar-refractivity contribution is 6.33. The van der Waals surface area contributed by atoms with Crippen molar-refractivity contribution in [2.24, 2.45) is 5.73 Å². The zero-order valence-corrected chi connectivity index (χ0v) is 9.21. The molecule has 1 rings (SSSR count). The highest BCUT2D eigenvalue weighted by Crippen LogP contribution is 2.19. The second-order valence-corrected chi connectivity index (χ2v) is 3.62. The highest BCUT2D eigenvalue weighted by Gasteiger charge is 2.06. The van der Waals surface area contributed by atoms with Crippen molar-refractivity contribution in [3.8, 4) is 0 Å². The van der Waals surface area contributed by atoms with Crippen LogP contribution >= 0.6 is 11.6 Å². The molecule has 4 N–H and O–H groups in total. The lowest BCUT2D eigenvalue weighted by Gasteiger charge is -2.12. The van der Waals surface area contributed by atoms with Gasteiger partial charge in [-0.3, -0.25) is 0 Å². The number of nitrogens with one attached hydrogen (secondary N) is 2. The van der Waals surface area contributed by atoms with Gasteiger partial charge in [-0.25, -0.2) is 4.79 Å². The number of hydrogen-bond acceptors (Lipinski definition) is 2. The molecule has 1 aromatic carbocycles. The van der Waals surface area contributed by atoms with Gasteiger partial charge < -0.3 is 16.4 Å². The third kappa shape index (κ3) is 3.77. The Labute approximate surface area is 93.8 Å². The van der Waals surface area contributed by atoms with Crippen molar-refractivity contribution in [3.05, 3.63) is 29.3 Å². The van der Waals surface area contributed by atoms with Gasteiger partial charge in [0.05, 0.1) is 10.7 Å². The molecule has 0 saturated carbocycles. The molecular weight excluding hydrogens is 214 g/mol. The van der Waals surface area contributed by atoms with Gasteiger partial charge in [-0.15, -0.1) is 0 Å². The van der Waals surface area contributed by atoms with Crippen LogP contribution in [0.5, 0.6) is 0 Å². The number of para-hydroxylation sites is 1. The molecule has 1 atom stereocenters. The van der Waals surface area contributed by atoms with Crippen LogP contribution in [0, 0.1) is 0 Å². The zero-order chi connectivity index (χ0) is 11.3. The molecular formula is C10H14ClN3O. The molecule has 0 aliphatic carbocycles. The lowest BCUT2D eigenvalue weighted by atomic mass is 10.3. The lowest BCUT2D eigenvalue weighted by molar-refractivity contribution is 0.249. The number of hydrogen-bond donors (Lipinski definition) is 3. The molecule has 0 aromatic heterocycles. The molecule has 2 amide bonds. The van der Waals surface area contributed by atoms with Crippen LogP contribution in [0.1, 0.15) is 6.92 Å². The van der Waals surface area contributed by atoms with E-state index in [1.807, 2.05) is 6.92 Å². The summed E-state index contributed by atoms with van der Waals surface area (Å²) < 4.78 is 0. The highest BCUT2D eigenvalue weighted by atomic mass is 35.5. The average Bonchev–Trinajstić information content (AvgIpc) is 2.21. The molecule has 4 nitrogen and oxygen atoms in total. The minimum Gasteiger partial charge on any atom is -0.334 e. The predicted octanol–water partition coefficient (Wildman–Crippen LogP) is 1.81. The summed E-state index contributed by atoms with van der Waals surface area (Å²) in [6.07, 6.45) is 0. The minimum absolute atomic E-state index is 0.0625. The number of benzene rings is 1. The molecule has 0 aliphatic heterocycles. The summed E-state index contributed by atoms with van der Waals surface area (Å²) in [7, 11) is 0. The van der Waals surface area contributed by atoms with Gasteiger partial charge in [0.15, 0.2) is 0 Å². The molecule has 0 spiro atoms. The fourth-order valence-electron chi connectivity index (χ4n) is 1.00. The Kier molecular flexibility index (Phi) is 4.39. The summed E-state index contributed by atoms with van der Waals surface area (Å²) in [6, 6.07) is 6.67. The van der Waals surface area contributed by atoms with Crippen LogP contribution in [0.3, 0.4) is 0 Å². The zero-order valence-electron chi connectivity index (χ0n) is 8.46. The van der Waals surface area contributed by atoms with Crippen molar-refractivity contribution in [1.29, 1.82) is 0 Å². The summed E-state index contributed by atoms with van der Waals surface area (Å²) in [6.45, 7) is 2.22. The summed E-state index contributed by atoms with van der Waals surface area (Å²) in [4.78, 5) is 11.4. The topological polar surface area (TPSA) is 67.1 Å². The second-order valence-electron chi connectivity index (χ2n) is 3.22.